The first kappa shape index (κ1) is 14.9. The van der Waals surface area contributed by atoms with Gasteiger partial charge in [-0.1, -0.05) is 24.3 Å². The van der Waals surface area contributed by atoms with Gasteiger partial charge in [0.25, 0.3) is 5.91 Å². The third kappa shape index (κ3) is 3.73. The van der Waals surface area contributed by atoms with Crippen LogP contribution in [0.2, 0.25) is 0 Å². The maximum Gasteiger partial charge on any atom is 0.251 e. The van der Waals surface area contributed by atoms with Crippen LogP contribution in [0, 0.1) is 0 Å². The van der Waals surface area contributed by atoms with E-state index in [-0.39, 0.29) is 11.7 Å². The second-order valence-electron chi connectivity index (χ2n) is 4.59. The van der Waals surface area contributed by atoms with Gasteiger partial charge in [-0.2, -0.15) is 0 Å². The van der Waals surface area contributed by atoms with Crippen LogP contribution >= 0.6 is 0 Å². The van der Waals surface area contributed by atoms with Gasteiger partial charge in [-0.05, 0) is 29.3 Å². The van der Waals surface area contributed by atoms with Crippen LogP contribution < -0.4 is 15.8 Å². The highest BCUT2D eigenvalue weighted by molar-refractivity contribution is 5.94. The van der Waals surface area contributed by atoms with Gasteiger partial charge in [0.1, 0.15) is 0 Å². The Morgan fingerprint density at radius 3 is 2.67 bits per heavy atom. The summed E-state index contributed by atoms with van der Waals surface area (Å²) in [4.78, 5) is 12.0. The molecule has 0 radical (unpaired) electrons. The van der Waals surface area contributed by atoms with Gasteiger partial charge in [0, 0.05) is 18.7 Å². The summed E-state index contributed by atoms with van der Waals surface area (Å²) in [6.45, 7) is 0.869. The number of nitrogens with one attached hydrogen (secondary N) is 1. The lowest BCUT2D eigenvalue weighted by atomic mass is 10.1. The minimum Gasteiger partial charge on any atom is -0.504 e. The Kier molecular flexibility index (Phi) is 4.79. The molecule has 0 atom stereocenters. The Morgan fingerprint density at radius 1 is 1.24 bits per heavy atom. The molecule has 0 aliphatic heterocycles. The van der Waals surface area contributed by atoms with Crippen LogP contribution in [0.4, 0.5) is 0 Å². The number of ether oxygens (including phenoxy) is 1. The Labute approximate surface area is 123 Å². The predicted octanol–water partition coefficient (Wildman–Crippen LogP) is 1.79. The summed E-state index contributed by atoms with van der Waals surface area (Å²) >= 11 is 0. The van der Waals surface area contributed by atoms with Crippen LogP contribution in [0.5, 0.6) is 11.5 Å². The summed E-state index contributed by atoms with van der Waals surface area (Å²) in [6, 6.07) is 12.3. The molecule has 2 aromatic carbocycles. The predicted molar refractivity (Wildman–Crippen MR) is 80.2 cm³/mol. The average Bonchev–Trinajstić information content (AvgIpc) is 2.52. The zero-order valence-electron chi connectivity index (χ0n) is 11.8. The Morgan fingerprint density at radius 2 is 2.00 bits per heavy atom. The van der Waals surface area contributed by atoms with Gasteiger partial charge in [0.05, 0.1) is 7.11 Å². The average molecular weight is 286 g/mol. The molecule has 0 aromatic heterocycles. The molecule has 0 unspecified atom stereocenters. The van der Waals surface area contributed by atoms with Gasteiger partial charge in [-0.25, -0.2) is 0 Å². The topological polar surface area (TPSA) is 84.6 Å². The maximum absolute atomic E-state index is 12.0. The van der Waals surface area contributed by atoms with Crippen molar-refractivity contribution in [2.75, 3.05) is 7.11 Å². The highest BCUT2D eigenvalue weighted by Gasteiger charge is 2.09. The highest BCUT2D eigenvalue weighted by Crippen LogP contribution is 2.26. The number of nitrogens with two attached hydrogens (primary N) is 1. The molecule has 2 rings (SSSR count). The summed E-state index contributed by atoms with van der Waals surface area (Å²) in [5.41, 5.74) is 7.95. The van der Waals surface area contributed by atoms with Crippen molar-refractivity contribution in [1.29, 1.82) is 0 Å². The van der Waals surface area contributed by atoms with Crippen molar-refractivity contribution in [2.45, 2.75) is 13.1 Å². The number of phenolic OH excluding ortho intramolecular Hbond substituents is 1. The molecule has 0 bridgehead atoms. The number of phenols is 1. The number of hydrogen-bond acceptors (Lipinski definition) is 4. The van der Waals surface area contributed by atoms with Crippen molar-refractivity contribution in [2.24, 2.45) is 5.73 Å². The SMILES string of the molecule is COc1ccc(C(=O)NCc2cccc(CN)c2)cc1O. The molecule has 0 spiro atoms. The smallest absolute Gasteiger partial charge is 0.251 e. The molecule has 0 saturated heterocycles. The van der Waals surface area contributed by atoms with Crippen LogP contribution in [-0.2, 0) is 13.1 Å². The lowest BCUT2D eigenvalue weighted by Crippen LogP contribution is -2.22. The van der Waals surface area contributed by atoms with E-state index in [2.05, 4.69) is 5.32 Å². The van der Waals surface area contributed by atoms with E-state index in [1.54, 1.807) is 12.1 Å². The van der Waals surface area contributed by atoms with Gasteiger partial charge >= 0.3 is 0 Å². The second kappa shape index (κ2) is 6.76. The van der Waals surface area contributed by atoms with Crippen molar-refractivity contribution in [3.8, 4) is 11.5 Å². The minimum absolute atomic E-state index is 0.0599. The van der Waals surface area contributed by atoms with Crippen LogP contribution in [-0.4, -0.2) is 18.1 Å². The summed E-state index contributed by atoms with van der Waals surface area (Å²) in [5.74, 6) is 0.0172. The lowest BCUT2D eigenvalue weighted by molar-refractivity contribution is 0.0950. The van der Waals surface area contributed by atoms with Crippen molar-refractivity contribution < 1.29 is 14.6 Å². The lowest BCUT2D eigenvalue weighted by Gasteiger charge is -2.08. The van der Waals surface area contributed by atoms with Crippen molar-refractivity contribution in [1.82, 2.24) is 5.32 Å². The first-order chi connectivity index (χ1) is 10.1. The molecule has 5 heteroatoms. The zero-order valence-corrected chi connectivity index (χ0v) is 11.8. The molecule has 110 valence electrons. The van der Waals surface area contributed by atoms with Crippen molar-refractivity contribution >= 4 is 5.91 Å². The molecule has 0 heterocycles. The van der Waals surface area contributed by atoms with Crippen molar-refractivity contribution in [3.63, 3.8) is 0 Å². The molecule has 0 saturated carbocycles. The molecule has 0 fully saturated rings. The van der Waals surface area contributed by atoms with Gasteiger partial charge < -0.3 is 20.9 Å². The highest BCUT2D eigenvalue weighted by atomic mass is 16.5. The number of aromatic hydroxyl groups is 1. The Hall–Kier alpha value is -2.53. The molecule has 2 aromatic rings. The summed E-state index contributed by atoms with van der Waals surface area (Å²) in [5, 5.41) is 12.5. The van der Waals surface area contributed by atoms with E-state index in [0.717, 1.165) is 11.1 Å². The van der Waals surface area contributed by atoms with E-state index in [1.807, 2.05) is 24.3 Å². The maximum atomic E-state index is 12.0. The van der Waals surface area contributed by atoms with E-state index in [9.17, 15) is 9.90 Å². The molecule has 5 nitrogen and oxygen atoms in total. The molecule has 0 aliphatic rings. The Bertz CT molecular complexity index is 641. The zero-order chi connectivity index (χ0) is 15.2. The summed E-state index contributed by atoms with van der Waals surface area (Å²) < 4.78 is 4.94. The van der Waals surface area contributed by atoms with Gasteiger partial charge in [-0.15, -0.1) is 0 Å². The Balaban J connectivity index is 2.02. The van der Waals surface area contributed by atoms with E-state index >= 15 is 0 Å². The van der Waals surface area contributed by atoms with Gasteiger partial charge in [-0.3, -0.25) is 4.79 Å². The van der Waals surface area contributed by atoms with Crippen molar-refractivity contribution in [3.05, 3.63) is 59.2 Å². The molecule has 0 aliphatic carbocycles. The summed E-state index contributed by atoms with van der Waals surface area (Å²) in [6.07, 6.45) is 0. The van der Waals surface area contributed by atoms with E-state index in [0.29, 0.717) is 24.4 Å². The normalized spacial score (nSPS) is 10.2. The fraction of sp³-hybridized carbons (Fsp3) is 0.188. The van der Waals surface area contributed by atoms with Crippen LogP contribution in [0.25, 0.3) is 0 Å². The molecule has 21 heavy (non-hydrogen) atoms. The van der Waals surface area contributed by atoms with Gasteiger partial charge in [0.15, 0.2) is 11.5 Å². The second-order valence-corrected chi connectivity index (χ2v) is 4.59. The number of amides is 1. The molecule has 4 N–H and O–H groups in total. The number of carbonyl (C=O) groups excluding carboxylic acids is 1. The number of benzene rings is 2. The summed E-state index contributed by atoms with van der Waals surface area (Å²) in [7, 11) is 1.46. The third-order valence-corrected chi connectivity index (χ3v) is 3.12. The first-order valence-electron chi connectivity index (χ1n) is 6.57. The van der Waals surface area contributed by atoms with Gasteiger partial charge in [0.2, 0.25) is 0 Å². The van der Waals surface area contributed by atoms with E-state index in [4.69, 9.17) is 10.5 Å². The van der Waals surface area contributed by atoms with E-state index < -0.39 is 0 Å². The number of rotatable bonds is 5. The standard InChI is InChI=1S/C16H18N2O3/c1-21-15-6-5-13(8-14(15)19)16(20)18-10-12-4-2-3-11(7-12)9-17/h2-8,19H,9-10,17H2,1H3,(H,18,20). The largest absolute Gasteiger partial charge is 0.504 e. The molecule has 1 amide bonds. The van der Waals surface area contributed by atoms with Crippen LogP contribution in [0.1, 0.15) is 21.5 Å². The monoisotopic (exact) mass is 286 g/mol. The number of carbonyl (C=O) groups is 1. The van der Waals surface area contributed by atoms with Crippen LogP contribution in [0.15, 0.2) is 42.5 Å². The van der Waals surface area contributed by atoms with E-state index in [1.165, 1.54) is 13.2 Å². The molecular formula is C16H18N2O3. The third-order valence-electron chi connectivity index (χ3n) is 3.12. The quantitative estimate of drug-likeness (QED) is 0.782. The first-order valence-corrected chi connectivity index (χ1v) is 6.57. The van der Waals surface area contributed by atoms with Crippen LogP contribution in [0.3, 0.4) is 0 Å². The number of hydrogen-bond donors (Lipinski definition) is 3. The fourth-order valence-electron chi connectivity index (χ4n) is 1.98. The fourth-order valence-corrected chi connectivity index (χ4v) is 1.98. The molecular weight excluding hydrogens is 268 g/mol. The number of methoxy groups -OCH3 is 1. The minimum atomic E-state index is -0.258.